The molecule has 29 heavy (non-hydrogen) atoms. The molecule has 0 radical (unpaired) electrons. The lowest BCUT2D eigenvalue weighted by Crippen LogP contribution is -2.51. The molecule has 0 amide bonds. The van der Waals surface area contributed by atoms with Crippen LogP contribution in [0.3, 0.4) is 0 Å². The highest BCUT2D eigenvalue weighted by atomic mass is 16.5. The number of hydrogen-bond acceptors (Lipinski definition) is 4. The summed E-state index contributed by atoms with van der Waals surface area (Å²) in [5.41, 5.74) is 5.32. The van der Waals surface area contributed by atoms with Gasteiger partial charge in [0.15, 0.2) is 0 Å². The van der Waals surface area contributed by atoms with Gasteiger partial charge in [0.25, 0.3) is 0 Å². The average Bonchev–Trinajstić information content (AvgIpc) is 3.15. The van der Waals surface area contributed by atoms with Gasteiger partial charge in [0.05, 0.1) is 18.5 Å². The molecule has 1 saturated heterocycles. The fourth-order valence-electron chi connectivity index (χ4n) is 5.15. The SMILES string of the molecule is CCCCOc1ccc(NC2C[C@@H]3c4cccc5[nH]cc(c45)C[C@H]3N(C)C2)cn1. The lowest BCUT2D eigenvalue weighted by atomic mass is 9.74. The van der Waals surface area contributed by atoms with Gasteiger partial charge in [-0.1, -0.05) is 25.5 Å². The summed E-state index contributed by atoms with van der Waals surface area (Å²) in [6.45, 7) is 3.95. The third kappa shape index (κ3) is 3.48. The number of benzene rings is 1. The van der Waals surface area contributed by atoms with E-state index in [1.54, 1.807) is 0 Å². The average molecular weight is 391 g/mol. The van der Waals surface area contributed by atoms with E-state index in [0.717, 1.165) is 44.5 Å². The molecule has 152 valence electrons. The predicted molar refractivity (Wildman–Crippen MR) is 118 cm³/mol. The van der Waals surface area contributed by atoms with Crippen molar-refractivity contribution in [2.75, 3.05) is 25.5 Å². The Bertz CT molecular complexity index is 980. The van der Waals surface area contributed by atoms with Crippen molar-refractivity contribution < 1.29 is 4.74 Å². The van der Waals surface area contributed by atoms with E-state index in [1.165, 1.54) is 22.0 Å². The molecular weight excluding hydrogens is 360 g/mol. The first-order chi connectivity index (χ1) is 14.2. The predicted octanol–water partition coefficient (Wildman–Crippen LogP) is 4.57. The van der Waals surface area contributed by atoms with Crippen molar-refractivity contribution in [1.29, 1.82) is 0 Å². The van der Waals surface area contributed by atoms with Crippen LogP contribution in [0, 0.1) is 0 Å². The van der Waals surface area contributed by atoms with E-state index in [1.807, 2.05) is 12.3 Å². The summed E-state index contributed by atoms with van der Waals surface area (Å²) in [6.07, 6.45) is 8.59. The maximum Gasteiger partial charge on any atom is 0.213 e. The quantitative estimate of drug-likeness (QED) is 0.606. The number of nitrogens with one attached hydrogen (secondary N) is 2. The first-order valence-corrected chi connectivity index (χ1v) is 10.9. The van der Waals surface area contributed by atoms with E-state index < -0.39 is 0 Å². The molecule has 2 aliphatic rings. The summed E-state index contributed by atoms with van der Waals surface area (Å²) in [4.78, 5) is 10.5. The van der Waals surface area contributed by atoms with E-state index in [2.05, 4.69) is 64.6 Å². The van der Waals surface area contributed by atoms with Gasteiger partial charge in [0.2, 0.25) is 5.88 Å². The molecule has 3 aromatic rings. The Morgan fingerprint density at radius 2 is 2.21 bits per heavy atom. The largest absolute Gasteiger partial charge is 0.478 e. The van der Waals surface area contributed by atoms with Crippen LogP contribution < -0.4 is 10.1 Å². The number of anilines is 1. The van der Waals surface area contributed by atoms with Crippen LogP contribution >= 0.6 is 0 Å². The molecule has 1 unspecified atom stereocenters. The van der Waals surface area contributed by atoms with Gasteiger partial charge in [-0.2, -0.15) is 0 Å². The van der Waals surface area contributed by atoms with Crippen molar-refractivity contribution in [3.63, 3.8) is 0 Å². The van der Waals surface area contributed by atoms with Crippen LogP contribution in [-0.2, 0) is 6.42 Å². The van der Waals surface area contributed by atoms with Gasteiger partial charge in [-0.25, -0.2) is 4.98 Å². The second-order valence-electron chi connectivity index (χ2n) is 8.57. The fourth-order valence-corrected chi connectivity index (χ4v) is 5.15. The second-order valence-corrected chi connectivity index (χ2v) is 8.57. The smallest absolute Gasteiger partial charge is 0.213 e. The molecule has 2 aromatic heterocycles. The fraction of sp³-hybridized carbons (Fsp3) is 0.458. The summed E-state index contributed by atoms with van der Waals surface area (Å²) >= 11 is 0. The Hall–Kier alpha value is -2.53. The molecule has 3 heterocycles. The van der Waals surface area contributed by atoms with Crippen LogP contribution in [0.15, 0.2) is 42.7 Å². The Labute approximate surface area is 172 Å². The number of piperidine rings is 1. The van der Waals surface area contributed by atoms with Crippen molar-refractivity contribution in [2.45, 2.75) is 50.6 Å². The number of likely N-dealkylation sites (tertiary alicyclic amines) is 1. The highest BCUT2D eigenvalue weighted by Gasteiger charge is 2.39. The number of aromatic amines is 1. The lowest BCUT2D eigenvalue weighted by molar-refractivity contribution is 0.147. The number of pyridine rings is 1. The molecule has 2 N–H and O–H groups in total. The summed E-state index contributed by atoms with van der Waals surface area (Å²) in [6, 6.07) is 11.8. The number of hydrogen-bond donors (Lipinski definition) is 2. The summed E-state index contributed by atoms with van der Waals surface area (Å²) in [5, 5.41) is 5.18. The van der Waals surface area contributed by atoms with Gasteiger partial charge in [0, 0.05) is 47.7 Å². The molecular formula is C24H30N4O. The highest BCUT2D eigenvalue weighted by molar-refractivity contribution is 5.88. The molecule has 1 fully saturated rings. The van der Waals surface area contributed by atoms with Crippen LogP contribution in [0.1, 0.15) is 43.2 Å². The standard InChI is InChI=1S/C24H30N4O/c1-3-4-10-29-23-9-8-17(14-26-23)27-18-12-20-19-6-5-7-21-24(19)16(13-25-21)11-22(20)28(2)15-18/h5-9,13-14,18,20,22,25,27H,3-4,10-12,15H2,1-2H3/t18?,20-,22-/m1/s1. The van der Waals surface area contributed by atoms with Crippen molar-refractivity contribution in [2.24, 2.45) is 0 Å². The molecule has 5 rings (SSSR count). The van der Waals surface area contributed by atoms with E-state index in [0.29, 0.717) is 23.9 Å². The summed E-state index contributed by atoms with van der Waals surface area (Å²) in [7, 11) is 2.27. The van der Waals surface area contributed by atoms with Crippen molar-refractivity contribution in [3.8, 4) is 5.88 Å². The van der Waals surface area contributed by atoms with Crippen LogP contribution in [0.2, 0.25) is 0 Å². The maximum atomic E-state index is 5.69. The molecule has 0 saturated carbocycles. The molecule has 5 nitrogen and oxygen atoms in total. The molecule has 1 aliphatic heterocycles. The zero-order valence-electron chi connectivity index (χ0n) is 17.3. The summed E-state index contributed by atoms with van der Waals surface area (Å²) < 4.78 is 5.69. The van der Waals surface area contributed by atoms with Crippen molar-refractivity contribution in [3.05, 3.63) is 53.9 Å². The number of H-pyrrole nitrogens is 1. The Balaban J connectivity index is 1.32. The first kappa shape index (κ1) is 18.5. The Kier molecular flexibility index (Phi) is 4.92. The second kappa shape index (κ2) is 7.71. The lowest BCUT2D eigenvalue weighted by Gasteiger charge is -2.45. The zero-order chi connectivity index (χ0) is 19.8. The number of likely N-dealkylation sites (N-methyl/N-ethyl adjacent to an activating group) is 1. The van der Waals surface area contributed by atoms with Gasteiger partial charge in [0.1, 0.15) is 0 Å². The van der Waals surface area contributed by atoms with Crippen molar-refractivity contribution >= 4 is 16.6 Å². The molecule has 0 bridgehead atoms. The normalized spacial score (nSPS) is 23.7. The van der Waals surface area contributed by atoms with Gasteiger partial charge < -0.3 is 19.9 Å². The highest BCUT2D eigenvalue weighted by Crippen LogP contribution is 2.43. The number of rotatable bonds is 6. The molecule has 5 heteroatoms. The van der Waals surface area contributed by atoms with Gasteiger partial charge >= 0.3 is 0 Å². The molecule has 3 atom stereocenters. The van der Waals surface area contributed by atoms with E-state index in [-0.39, 0.29) is 0 Å². The number of nitrogens with zero attached hydrogens (tertiary/aromatic N) is 2. The number of aromatic nitrogens is 2. The number of fused-ring (bicyclic) bond motifs is 2. The van der Waals surface area contributed by atoms with E-state index >= 15 is 0 Å². The molecule has 1 aliphatic carbocycles. The zero-order valence-corrected chi connectivity index (χ0v) is 17.3. The Morgan fingerprint density at radius 1 is 1.28 bits per heavy atom. The third-order valence-corrected chi connectivity index (χ3v) is 6.58. The number of ether oxygens (including phenoxy) is 1. The molecule has 0 spiro atoms. The minimum absolute atomic E-state index is 0.408. The van der Waals surface area contributed by atoms with Gasteiger partial charge in [-0.3, -0.25) is 0 Å². The molecule has 1 aromatic carbocycles. The van der Waals surface area contributed by atoms with E-state index in [4.69, 9.17) is 4.74 Å². The van der Waals surface area contributed by atoms with Gasteiger partial charge in [-0.05, 0) is 49.6 Å². The monoisotopic (exact) mass is 390 g/mol. The third-order valence-electron chi connectivity index (χ3n) is 6.58. The summed E-state index contributed by atoms with van der Waals surface area (Å²) in [5.74, 6) is 1.27. The van der Waals surface area contributed by atoms with Gasteiger partial charge in [-0.15, -0.1) is 0 Å². The first-order valence-electron chi connectivity index (χ1n) is 10.9. The minimum atomic E-state index is 0.408. The van der Waals surface area contributed by atoms with Crippen LogP contribution in [-0.4, -0.2) is 47.2 Å². The minimum Gasteiger partial charge on any atom is -0.478 e. The number of unbranched alkanes of at least 4 members (excludes halogenated alkanes) is 1. The van der Waals surface area contributed by atoms with E-state index in [9.17, 15) is 0 Å². The van der Waals surface area contributed by atoms with Crippen LogP contribution in [0.25, 0.3) is 10.9 Å². The van der Waals surface area contributed by atoms with Crippen LogP contribution in [0.4, 0.5) is 5.69 Å². The topological polar surface area (TPSA) is 53.2 Å². The Morgan fingerprint density at radius 3 is 3.03 bits per heavy atom. The maximum absolute atomic E-state index is 5.69. The van der Waals surface area contributed by atoms with Crippen LogP contribution in [0.5, 0.6) is 5.88 Å². The van der Waals surface area contributed by atoms with Crippen molar-refractivity contribution in [1.82, 2.24) is 14.9 Å².